The molecule has 1 aromatic rings. The molecule has 0 unspecified atom stereocenters. The Hall–Kier alpha value is -1.35. The molecule has 3 heteroatoms. The highest BCUT2D eigenvalue weighted by molar-refractivity contribution is 5.55. The minimum atomic E-state index is 0.0436. The number of aromatic nitrogens is 1. The Morgan fingerprint density at radius 3 is 3.00 bits per heavy atom. The molecule has 0 bridgehead atoms. The minimum Gasteiger partial charge on any atom is -0.508 e. The molecule has 0 aliphatic rings. The van der Waals surface area contributed by atoms with Crippen LogP contribution in [0.4, 0.5) is 0 Å². The molecule has 0 saturated carbocycles. The van der Waals surface area contributed by atoms with E-state index >= 15 is 0 Å². The van der Waals surface area contributed by atoms with Gasteiger partial charge in [-0.25, -0.2) is 0 Å². The summed E-state index contributed by atoms with van der Waals surface area (Å²) in [7, 11) is 0. The zero-order valence-electron chi connectivity index (χ0n) is 6.12. The van der Waals surface area contributed by atoms with Gasteiger partial charge in [0.25, 0.3) is 0 Å². The van der Waals surface area contributed by atoms with Crippen LogP contribution in [0.1, 0.15) is 11.3 Å². The Morgan fingerprint density at radius 1 is 1.73 bits per heavy atom. The molecular weight excluding hydrogens is 140 g/mol. The van der Waals surface area contributed by atoms with Gasteiger partial charge in [0.1, 0.15) is 5.76 Å². The maximum atomic E-state index is 8.98. The predicted molar refractivity (Wildman–Crippen MR) is 43.8 cm³/mol. The number of hydrogen-bond acceptors (Lipinski definition) is 3. The van der Waals surface area contributed by atoms with Crippen molar-refractivity contribution in [2.45, 2.75) is 6.54 Å². The molecule has 1 aromatic heterocycles. The largest absolute Gasteiger partial charge is 0.508 e. The van der Waals surface area contributed by atoms with Crippen LogP contribution in [0, 0.1) is 0 Å². The highest BCUT2D eigenvalue weighted by atomic mass is 16.3. The Kier molecular flexibility index (Phi) is 2.23. The Balaban J connectivity index is 3.01. The van der Waals surface area contributed by atoms with Gasteiger partial charge in [0.05, 0.1) is 5.69 Å². The third-order valence-electron chi connectivity index (χ3n) is 1.36. The van der Waals surface area contributed by atoms with Crippen LogP contribution < -0.4 is 5.73 Å². The molecule has 1 heterocycles. The van der Waals surface area contributed by atoms with Gasteiger partial charge in [-0.05, 0) is 12.1 Å². The molecule has 1 rings (SSSR count). The molecule has 0 spiro atoms. The first-order chi connectivity index (χ1) is 5.24. The molecule has 0 amide bonds. The van der Waals surface area contributed by atoms with Crippen LogP contribution in [0.3, 0.4) is 0 Å². The maximum Gasteiger partial charge on any atom is 0.115 e. The van der Waals surface area contributed by atoms with Gasteiger partial charge < -0.3 is 10.8 Å². The van der Waals surface area contributed by atoms with Crippen molar-refractivity contribution in [2.24, 2.45) is 5.73 Å². The average Bonchev–Trinajstić information content (AvgIpc) is 2.05. The SMILES string of the molecule is C=C(O)c1ccnc(CN)c1. The molecule has 0 aromatic carbocycles. The molecule has 3 N–H and O–H groups in total. The molecule has 11 heavy (non-hydrogen) atoms. The number of nitrogens with zero attached hydrogens (tertiary/aromatic N) is 1. The van der Waals surface area contributed by atoms with E-state index in [-0.39, 0.29) is 5.76 Å². The summed E-state index contributed by atoms with van der Waals surface area (Å²) in [6, 6.07) is 3.39. The van der Waals surface area contributed by atoms with E-state index in [1.165, 1.54) is 0 Å². The van der Waals surface area contributed by atoms with Crippen molar-refractivity contribution >= 4 is 5.76 Å². The number of pyridine rings is 1. The highest BCUT2D eigenvalue weighted by Crippen LogP contribution is 2.08. The second-order valence-electron chi connectivity index (χ2n) is 2.19. The maximum absolute atomic E-state index is 8.98. The summed E-state index contributed by atoms with van der Waals surface area (Å²) in [6.45, 7) is 3.76. The van der Waals surface area contributed by atoms with Gasteiger partial charge in [-0.3, -0.25) is 4.98 Å². The van der Waals surface area contributed by atoms with Crippen LogP contribution in [0.5, 0.6) is 0 Å². The first-order valence-electron chi connectivity index (χ1n) is 3.27. The van der Waals surface area contributed by atoms with Crippen molar-refractivity contribution in [2.75, 3.05) is 0 Å². The molecular formula is C8H10N2O. The fraction of sp³-hybridized carbons (Fsp3) is 0.125. The van der Waals surface area contributed by atoms with Gasteiger partial charge >= 0.3 is 0 Å². The van der Waals surface area contributed by atoms with Crippen molar-refractivity contribution in [1.82, 2.24) is 4.98 Å². The monoisotopic (exact) mass is 150 g/mol. The third kappa shape index (κ3) is 1.78. The molecule has 0 saturated heterocycles. The standard InChI is InChI=1S/C8H10N2O/c1-6(11)7-2-3-10-8(4-7)5-9/h2-4,11H,1,5,9H2. The second kappa shape index (κ2) is 3.16. The number of aliphatic hydroxyl groups excluding tert-OH is 1. The lowest BCUT2D eigenvalue weighted by atomic mass is 10.2. The predicted octanol–water partition coefficient (Wildman–Crippen LogP) is 1.07. The average molecular weight is 150 g/mol. The normalized spacial score (nSPS) is 9.55. The topological polar surface area (TPSA) is 59.1 Å². The first-order valence-corrected chi connectivity index (χ1v) is 3.27. The van der Waals surface area contributed by atoms with Crippen LogP contribution in [-0.2, 0) is 6.54 Å². The summed E-state index contributed by atoms with van der Waals surface area (Å²) < 4.78 is 0. The number of rotatable bonds is 2. The van der Waals surface area contributed by atoms with Crippen LogP contribution in [0.15, 0.2) is 24.9 Å². The summed E-state index contributed by atoms with van der Waals surface area (Å²) in [4.78, 5) is 3.96. The number of aliphatic hydroxyl groups is 1. The van der Waals surface area contributed by atoms with E-state index in [1.54, 1.807) is 18.3 Å². The van der Waals surface area contributed by atoms with Crippen molar-refractivity contribution in [3.63, 3.8) is 0 Å². The molecule has 0 atom stereocenters. The van der Waals surface area contributed by atoms with E-state index in [1.807, 2.05) is 0 Å². The molecule has 58 valence electrons. The van der Waals surface area contributed by atoms with E-state index in [0.29, 0.717) is 12.1 Å². The molecule has 0 fully saturated rings. The molecule has 0 aliphatic heterocycles. The first kappa shape index (κ1) is 7.75. The van der Waals surface area contributed by atoms with Crippen molar-refractivity contribution in [1.29, 1.82) is 0 Å². The fourth-order valence-corrected chi connectivity index (χ4v) is 0.769. The molecule has 3 nitrogen and oxygen atoms in total. The van der Waals surface area contributed by atoms with E-state index in [4.69, 9.17) is 10.8 Å². The summed E-state index contributed by atoms with van der Waals surface area (Å²) >= 11 is 0. The van der Waals surface area contributed by atoms with Crippen molar-refractivity contribution in [3.05, 3.63) is 36.2 Å². The zero-order chi connectivity index (χ0) is 8.27. The minimum absolute atomic E-state index is 0.0436. The second-order valence-corrected chi connectivity index (χ2v) is 2.19. The van der Waals surface area contributed by atoms with E-state index < -0.39 is 0 Å². The van der Waals surface area contributed by atoms with Gasteiger partial charge in [-0.15, -0.1) is 0 Å². The van der Waals surface area contributed by atoms with Gasteiger partial charge in [0, 0.05) is 18.3 Å². The molecule has 0 radical (unpaired) electrons. The van der Waals surface area contributed by atoms with Crippen molar-refractivity contribution in [3.8, 4) is 0 Å². The van der Waals surface area contributed by atoms with Crippen LogP contribution >= 0.6 is 0 Å². The fourth-order valence-electron chi connectivity index (χ4n) is 0.769. The lowest BCUT2D eigenvalue weighted by Crippen LogP contribution is -1.99. The van der Waals surface area contributed by atoms with Crippen molar-refractivity contribution < 1.29 is 5.11 Å². The van der Waals surface area contributed by atoms with E-state index in [0.717, 1.165) is 5.69 Å². The summed E-state index contributed by atoms with van der Waals surface area (Å²) in [5, 5.41) is 8.98. The van der Waals surface area contributed by atoms with Crippen LogP contribution in [-0.4, -0.2) is 10.1 Å². The Bertz CT molecular complexity index is 271. The number of hydrogen-bond donors (Lipinski definition) is 2. The third-order valence-corrected chi connectivity index (χ3v) is 1.36. The zero-order valence-corrected chi connectivity index (χ0v) is 6.12. The van der Waals surface area contributed by atoms with Crippen LogP contribution in [0.2, 0.25) is 0 Å². The van der Waals surface area contributed by atoms with E-state index in [2.05, 4.69) is 11.6 Å². The Morgan fingerprint density at radius 2 is 2.45 bits per heavy atom. The van der Waals surface area contributed by atoms with Gasteiger partial charge in [0.15, 0.2) is 0 Å². The highest BCUT2D eigenvalue weighted by Gasteiger charge is 1.96. The van der Waals surface area contributed by atoms with Gasteiger partial charge in [-0.1, -0.05) is 6.58 Å². The number of nitrogens with two attached hydrogens (primary N) is 1. The van der Waals surface area contributed by atoms with Crippen LogP contribution in [0.25, 0.3) is 5.76 Å². The quantitative estimate of drug-likeness (QED) is 0.620. The van der Waals surface area contributed by atoms with E-state index in [9.17, 15) is 0 Å². The molecule has 0 aliphatic carbocycles. The van der Waals surface area contributed by atoms with Gasteiger partial charge in [-0.2, -0.15) is 0 Å². The lowest BCUT2D eigenvalue weighted by molar-refractivity contribution is 0.513. The van der Waals surface area contributed by atoms with Gasteiger partial charge in [0.2, 0.25) is 0 Å². The summed E-state index contributed by atoms with van der Waals surface area (Å²) in [6.07, 6.45) is 1.60. The summed E-state index contributed by atoms with van der Waals surface area (Å²) in [5.41, 5.74) is 6.76. The smallest absolute Gasteiger partial charge is 0.115 e. The lowest BCUT2D eigenvalue weighted by Gasteiger charge is -1.99. The Labute approximate surface area is 65.2 Å². The summed E-state index contributed by atoms with van der Waals surface area (Å²) in [5.74, 6) is 0.0436.